The second kappa shape index (κ2) is 10.8. The van der Waals surface area contributed by atoms with Crippen molar-refractivity contribution < 1.29 is 14.2 Å². The summed E-state index contributed by atoms with van der Waals surface area (Å²) >= 11 is 0. The molecule has 0 bridgehead atoms. The fraction of sp³-hybridized carbons (Fsp3) is 0.692. The highest BCUT2D eigenvalue weighted by Crippen LogP contribution is 1.92. The summed E-state index contributed by atoms with van der Waals surface area (Å²) in [4.78, 5) is 8.44. The van der Waals surface area contributed by atoms with Crippen molar-refractivity contribution in [2.75, 3.05) is 46.7 Å². The minimum Gasteiger partial charge on any atom is -0.382 e. The van der Waals surface area contributed by atoms with Gasteiger partial charge in [0.05, 0.1) is 44.4 Å². The Labute approximate surface area is 114 Å². The fourth-order valence-corrected chi connectivity index (χ4v) is 1.34. The molecule has 1 N–H and O–H groups in total. The summed E-state index contributed by atoms with van der Waals surface area (Å²) in [6.07, 6.45) is 3.55. The SMILES string of the molecule is COCCOCCOCCNCc1cnc(C)cn1. The van der Waals surface area contributed by atoms with Crippen LogP contribution >= 0.6 is 0 Å². The summed E-state index contributed by atoms with van der Waals surface area (Å²) in [5.41, 5.74) is 1.87. The average molecular weight is 269 g/mol. The molecule has 0 aromatic carbocycles. The van der Waals surface area contributed by atoms with Crippen LogP contribution in [-0.4, -0.2) is 56.7 Å². The van der Waals surface area contributed by atoms with Crippen LogP contribution in [0.15, 0.2) is 12.4 Å². The highest BCUT2D eigenvalue weighted by molar-refractivity contribution is 4.99. The van der Waals surface area contributed by atoms with Crippen LogP contribution in [0.1, 0.15) is 11.4 Å². The third-order valence-electron chi connectivity index (χ3n) is 2.37. The van der Waals surface area contributed by atoms with Gasteiger partial charge in [-0.1, -0.05) is 0 Å². The summed E-state index contributed by atoms with van der Waals surface area (Å²) < 4.78 is 15.5. The van der Waals surface area contributed by atoms with Crippen LogP contribution in [0.2, 0.25) is 0 Å². The summed E-state index contributed by atoms with van der Waals surface area (Å²) in [7, 11) is 1.66. The maximum atomic E-state index is 5.41. The predicted molar refractivity (Wildman–Crippen MR) is 72.0 cm³/mol. The zero-order chi connectivity index (χ0) is 13.8. The zero-order valence-electron chi connectivity index (χ0n) is 11.7. The van der Waals surface area contributed by atoms with Crippen LogP contribution in [0.25, 0.3) is 0 Å². The van der Waals surface area contributed by atoms with E-state index in [2.05, 4.69) is 15.3 Å². The van der Waals surface area contributed by atoms with Crippen molar-refractivity contribution in [2.24, 2.45) is 0 Å². The number of nitrogens with one attached hydrogen (secondary N) is 1. The van der Waals surface area contributed by atoms with Crippen LogP contribution in [0.4, 0.5) is 0 Å². The molecule has 19 heavy (non-hydrogen) atoms. The third-order valence-corrected chi connectivity index (χ3v) is 2.37. The van der Waals surface area contributed by atoms with E-state index in [0.29, 0.717) is 39.6 Å². The molecule has 1 rings (SSSR count). The molecule has 1 aromatic rings. The first-order valence-corrected chi connectivity index (χ1v) is 6.45. The molecule has 0 radical (unpaired) electrons. The highest BCUT2D eigenvalue weighted by atomic mass is 16.5. The van der Waals surface area contributed by atoms with Crippen molar-refractivity contribution in [3.8, 4) is 0 Å². The largest absolute Gasteiger partial charge is 0.382 e. The Morgan fingerprint density at radius 3 is 2.42 bits per heavy atom. The first kappa shape index (κ1) is 16.0. The van der Waals surface area contributed by atoms with Gasteiger partial charge in [0.1, 0.15) is 0 Å². The summed E-state index contributed by atoms with van der Waals surface area (Å²) in [5, 5.41) is 3.24. The molecule has 0 amide bonds. The van der Waals surface area contributed by atoms with Gasteiger partial charge in [0.2, 0.25) is 0 Å². The standard InChI is InChI=1S/C13H23N3O3/c1-12-9-16-13(11-15-12)10-14-3-4-18-7-8-19-6-5-17-2/h9,11,14H,3-8,10H2,1-2H3. The molecule has 1 aromatic heterocycles. The number of hydrogen-bond donors (Lipinski definition) is 1. The van der Waals surface area contributed by atoms with Crippen molar-refractivity contribution in [3.05, 3.63) is 23.8 Å². The van der Waals surface area contributed by atoms with Gasteiger partial charge in [-0.25, -0.2) is 0 Å². The van der Waals surface area contributed by atoms with Gasteiger partial charge < -0.3 is 19.5 Å². The Bertz CT molecular complexity index is 319. The number of hydrogen-bond acceptors (Lipinski definition) is 6. The lowest BCUT2D eigenvalue weighted by molar-refractivity contribution is 0.0255. The lowest BCUT2D eigenvalue weighted by atomic mass is 10.4. The second-order valence-electron chi connectivity index (χ2n) is 4.04. The molecule has 108 valence electrons. The Morgan fingerprint density at radius 1 is 1.00 bits per heavy atom. The van der Waals surface area contributed by atoms with E-state index in [1.54, 1.807) is 19.5 Å². The molecule has 0 fully saturated rings. The van der Waals surface area contributed by atoms with Crippen molar-refractivity contribution in [1.82, 2.24) is 15.3 Å². The highest BCUT2D eigenvalue weighted by Gasteiger charge is 1.95. The molecule has 1 heterocycles. The number of aryl methyl sites for hydroxylation is 1. The Kier molecular flexibility index (Phi) is 9.09. The van der Waals surface area contributed by atoms with Gasteiger partial charge in [-0.05, 0) is 6.92 Å². The van der Waals surface area contributed by atoms with E-state index >= 15 is 0 Å². The monoisotopic (exact) mass is 269 g/mol. The molecule has 6 nitrogen and oxygen atoms in total. The van der Waals surface area contributed by atoms with Crippen LogP contribution < -0.4 is 5.32 Å². The van der Waals surface area contributed by atoms with Crippen LogP contribution in [0.3, 0.4) is 0 Å². The smallest absolute Gasteiger partial charge is 0.0724 e. The van der Waals surface area contributed by atoms with Crippen molar-refractivity contribution in [2.45, 2.75) is 13.5 Å². The van der Waals surface area contributed by atoms with Gasteiger partial charge in [-0.3, -0.25) is 9.97 Å². The van der Waals surface area contributed by atoms with Crippen molar-refractivity contribution >= 4 is 0 Å². The number of nitrogens with zero attached hydrogens (tertiary/aromatic N) is 2. The Hall–Kier alpha value is -1.08. The number of rotatable bonds is 11. The van der Waals surface area contributed by atoms with E-state index in [1.807, 2.05) is 6.92 Å². The molecular weight excluding hydrogens is 246 g/mol. The third kappa shape index (κ3) is 8.61. The van der Waals surface area contributed by atoms with Gasteiger partial charge in [0.15, 0.2) is 0 Å². The van der Waals surface area contributed by atoms with E-state index in [0.717, 1.165) is 17.9 Å². The lowest BCUT2D eigenvalue weighted by Crippen LogP contribution is -2.21. The molecule has 6 heteroatoms. The minimum atomic E-state index is 0.604. The molecule has 0 unspecified atom stereocenters. The van der Waals surface area contributed by atoms with E-state index in [4.69, 9.17) is 14.2 Å². The molecule has 0 aliphatic rings. The van der Waals surface area contributed by atoms with E-state index in [9.17, 15) is 0 Å². The quantitative estimate of drug-likeness (QED) is 0.592. The first-order valence-electron chi connectivity index (χ1n) is 6.45. The predicted octanol–water partition coefficient (Wildman–Crippen LogP) is 0.554. The Morgan fingerprint density at radius 2 is 1.74 bits per heavy atom. The zero-order valence-corrected chi connectivity index (χ0v) is 11.7. The summed E-state index contributed by atoms with van der Waals surface area (Å²) in [6.45, 7) is 6.53. The first-order chi connectivity index (χ1) is 9.33. The molecule has 0 saturated carbocycles. The van der Waals surface area contributed by atoms with Crippen molar-refractivity contribution in [1.29, 1.82) is 0 Å². The van der Waals surface area contributed by atoms with E-state index in [-0.39, 0.29) is 0 Å². The van der Waals surface area contributed by atoms with Crippen LogP contribution in [0, 0.1) is 6.92 Å². The number of aromatic nitrogens is 2. The number of methoxy groups -OCH3 is 1. The molecular formula is C13H23N3O3. The van der Waals surface area contributed by atoms with Gasteiger partial charge in [0, 0.05) is 32.6 Å². The second-order valence-corrected chi connectivity index (χ2v) is 4.04. The molecule has 0 spiro atoms. The van der Waals surface area contributed by atoms with E-state index in [1.165, 1.54) is 0 Å². The molecule has 0 aliphatic carbocycles. The Balaban J connectivity index is 1.87. The normalized spacial score (nSPS) is 10.8. The number of ether oxygens (including phenoxy) is 3. The fourth-order valence-electron chi connectivity index (χ4n) is 1.34. The van der Waals surface area contributed by atoms with Crippen LogP contribution in [-0.2, 0) is 20.8 Å². The summed E-state index contributed by atoms with van der Waals surface area (Å²) in [6, 6.07) is 0. The molecule has 0 atom stereocenters. The molecule has 0 aliphatic heterocycles. The summed E-state index contributed by atoms with van der Waals surface area (Å²) in [5.74, 6) is 0. The minimum absolute atomic E-state index is 0.604. The topological polar surface area (TPSA) is 65.5 Å². The maximum Gasteiger partial charge on any atom is 0.0724 e. The maximum absolute atomic E-state index is 5.41. The molecule has 0 saturated heterocycles. The van der Waals surface area contributed by atoms with Gasteiger partial charge >= 0.3 is 0 Å². The van der Waals surface area contributed by atoms with Gasteiger partial charge in [-0.15, -0.1) is 0 Å². The van der Waals surface area contributed by atoms with Gasteiger partial charge in [-0.2, -0.15) is 0 Å². The van der Waals surface area contributed by atoms with E-state index < -0.39 is 0 Å². The average Bonchev–Trinajstić information content (AvgIpc) is 2.43. The van der Waals surface area contributed by atoms with Crippen molar-refractivity contribution in [3.63, 3.8) is 0 Å². The van der Waals surface area contributed by atoms with Gasteiger partial charge in [0.25, 0.3) is 0 Å². The lowest BCUT2D eigenvalue weighted by Gasteiger charge is -2.06. The van der Waals surface area contributed by atoms with Crippen LogP contribution in [0.5, 0.6) is 0 Å².